The first-order valence-corrected chi connectivity index (χ1v) is 6.71. The minimum atomic E-state index is -7.73. The van der Waals surface area contributed by atoms with Crippen LogP contribution in [0.5, 0.6) is 0 Å². The lowest BCUT2D eigenvalue weighted by Gasteiger charge is -2.35. The first kappa shape index (κ1) is 24.4. The van der Waals surface area contributed by atoms with E-state index in [2.05, 4.69) is 4.74 Å². The lowest BCUT2D eigenvalue weighted by Crippen LogP contribution is -2.68. The van der Waals surface area contributed by atoms with Crippen LogP contribution >= 0.6 is 0 Å². The van der Waals surface area contributed by atoms with E-state index in [9.17, 15) is 57.9 Å². The van der Waals surface area contributed by atoms with Gasteiger partial charge < -0.3 is 4.74 Å². The Kier molecular flexibility index (Phi) is 7.07. The summed E-state index contributed by atoms with van der Waals surface area (Å²) >= 11 is 0. The summed E-state index contributed by atoms with van der Waals surface area (Å²) in [7, 11) is 0. The van der Waals surface area contributed by atoms with Gasteiger partial charge in [-0.3, -0.25) is 4.79 Å². The number of hydrogen-bond donors (Lipinski definition) is 0. The topological polar surface area (TPSA) is 43.4 Å². The van der Waals surface area contributed by atoms with Crippen LogP contribution in [-0.2, 0) is 14.3 Å². The van der Waals surface area contributed by atoms with Crippen molar-refractivity contribution in [2.24, 2.45) is 0 Å². The van der Waals surface area contributed by atoms with Gasteiger partial charge >= 0.3 is 41.8 Å². The van der Waals surface area contributed by atoms with Gasteiger partial charge in [-0.15, -0.1) is 0 Å². The van der Waals surface area contributed by atoms with E-state index in [1.54, 1.807) is 6.92 Å². The SMILES string of the molecule is CCCCCC(=O)OC(=O)C(F)(F)C(F)(F)C(F)(F)C(F)(F)C(F)(F)F. The number of carbonyl (C=O) groups excluding carboxylic acids is 2. The molecule has 0 heterocycles. The number of unbranched alkanes of at least 4 members (excludes halogenated alkanes) is 2. The molecule has 0 aromatic carbocycles. The molecule has 0 atom stereocenters. The minimum absolute atomic E-state index is 0.0765. The van der Waals surface area contributed by atoms with Crippen molar-refractivity contribution in [1.29, 1.82) is 0 Å². The van der Waals surface area contributed by atoms with Crippen molar-refractivity contribution in [1.82, 2.24) is 0 Å². The van der Waals surface area contributed by atoms with Crippen molar-refractivity contribution in [3.8, 4) is 0 Å². The molecule has 0 unspecified atom stereocenters. The van der Waals surface area contributed by atoms with Crippen molar-refractivity contribution in [3.63, 3.8) is 0 Å². The van der Waals surface area contributed by atoms with E-state index < -0.39 is 48.2 Å². The molecule has 3 nitrogen and oxygen atoms in total. The summed E-state index contributed by atoms with van der Waals surface area (Å²) in [6.07, 6.45) is -7.42. The summed E-state index contributed by atoms with van der Waals surface area (Å²) in [5.41, 5.74) is 0. The predicted octanol–water partition coefficient (Wildman–Crippen LogP) is 4.74. The number of halogens is 11. The second kappa shape index (κ2) is 7.55. The van der Waals surface area contributed by atoms with Crippen molar-refractivity contribution < 1.29 is 62.6 Å². The summed E-state index contributed by atoms with van der Waals surface area (Å²) in [5, 5.41) is 0. The smallest absolute Gasteiger partial charge is 0.388 e. The zero-order valence-electron chi connectivity index (χ0n) is 12.7. The summed E-state index contributed by atoms with van der Waals surface area (Å²) < 4.78 is 142. The fourth-order valence-corrected chi connectivity index (χ4v) is 1.44. The lowest BCUT2D eigenvalue weighted by atomic mass is 9.98. The number of alkyl halides is 11. The van der Waals surface area contributed by atoms with Crippen LogP contribution in [0.3, 0.4) is 0 Å². The molecule has 0 aliphatic carbocycles. The highest BCUT2D eigenvalue weighted by molar-refractivity contribution is 5.90. The van der Waals surface area contributed by atoms with Crippen LogP contribution in [0.4, 0.5) is 48.3 Å². The molecule has 0 aromatic heterocycles. The third kappa shape index (κ3) is 4.19. The van der Waals surface area contributed by atoms with Crippen LogP contribution < -0.4 is 0 Å². The highest BCUT2D eigenvalue weighted by Gasteiger charge is 2.89. The van der Waals surface area contributed by atoms with Gasteiger partial charge in [0.1, 0.15) is 0 Å². The standard InChI is InChI=1S/C12H11F11O3/c1-2-3-4-5-6(24)26-7(25)8(13,14)9(15,16)10(17,18)11(19,20)12(21,22)23/h2-5H2,1H3. The van der Waals surface area contributed by atoms with Crippen molar-refractivity contribution in [2.45, 2.75) is 62.5 Å². The van der Waals surface area contributed by atoms with Gasteiger partial charge in [0.05, 0.1) is 0 Å². The third-order valence-electron chi connectivity index (χ3n) is 2.99. The van der Waals surface area contributed by atoms with Crippen LogP contribution in [0.15, 0.2) is 0 Å². The molecule has 0 aliphatic rings. The number of carbonyl (C=O) groups is 2. The molecule has 0 saturated carbocycles. The molecular weight excluding hydrogens is 401 g/mol. The average molecular weight is 412 g/mol. The molecule has 0 rings (SSSR count). The van der Waals surface area contributed by atoms with E-state index in [1.807, 2.05) is 0 Å². The van der Waals surface area contributed by atoms with Crippen LogP contribution in [-0.4, -0.2) is 41.8 Å². The van der Waals surface area contributed by atoms with Crippen molar-refractivity contribution >= 4 is 11.9 Å². The van der Waals surface area contributed by atoms with Gasteiger partial charge in [0.2, 0.25) is 0 Å². The Morgan fingerprint density at radius 2 is 1.19 bits per heavy atom. The summed E-state index contributed by atoms with van der Waals surface area (Å²) in [4.78, 5) is 21.8. The number of hydrogen-bond acceptors (Lipinski definition) is 3. The molecule has 0 saturated heterocycles. The van der Waals surface area contributed by atoms with Crippen molar-refractivity contribution in [2.75, 3.05) is 0 Å². The lowest BCUT2D eigenvalue weighted by molar-refractivity contribution is -0.418. The van der Waals surface area contributed by atoms with E-state index in [-0.39, 0.29) is 6.42 Å². The monoisotopic (exact) mass is 412 g/mol. The van der Waals surface area contributed by atoms with Crippen molar-refractivity contribution in [3.05, 3.63) is 0 Å². The van der Waals surface area contributed by atoms with Gasteiger partial charge in [0, 0.05) is 6.42 Å². The van der Waals surface area contributed by atoms with Gasteiger partial charge in [-0.1, -0.05) is 19.8 Å². The first-order chi connectivity index (χ1) is 11.4. The maximum Gasteiger partial charge on any atom is 0.460 e. The van der Waals surface area contributed by atoms with E-state index in [0.29, 0.717) is 12.8 Å². The molecule has 0 radical (unpaired) electrons. The summed E-state index contributed by atoms with van der Waals surface area (Å²) in [6, 6.07) is 0. The maximum atomic E-state index is 13.2. The average Bonchev–Trinajstić information content (AvgIpc) is 2.45. The third-order valence-corrected chi connectivity index (χ3v) is 2.99. The molecule has 26 heavy (non-hydrogen) atoms. The molecule has 14 heteroatoms. The van der Waals surface area contributed by atoms with Crippen LogP contribution in [0.1, 0.15) is 32.6 Å². The molecule has 154 valence electrons. The quantitative estimate of drug-likeness (QED) is 0.250. The van der Waals surface area contributed by atoms with Gasteiger partial charge in [-0.05, 0) is 6.42 Å². The first-order valence-electron chi connectivity index (χ1n) is 6.71. The molecule has 0 spiro atoms. The molecule has 0 fully saturated rings. The second-order valence-electron chi connectivity index (χ2n) is 5.01. The van der Waals surface area contributed by atoms with Crippen LogP contribution in [0.25, 0.3) is 0 Å². The van der Waals surface area contributed by atoms with Gasteiger partial charge in [-0.25, -0.2) is 4.79 Å². The zero-order valence-corrected chi connectivity index (χ0v) is 12.7. The van der Waals surface area contributed by atoms with E-state index in [4.69, 9.17) is 0 Å². The molecule has 0 aromatic rings. The Morgan fingerprint density at radius 3 is 1.58 bits per heavy atom. The molecule has 0 N–H and O–H groups in total. The van der Waals surface area contributed by atoms with E-state index in [0.717, 1.165) is 0 Å². The Bertz CT molecular complexity index is 525. The van der Waals surface area contributed by atoms with E-state index in [1.165, 1.54) is 0 Å². The Morgan fingerprint density at radius 1 is 0.731 bits per heavy atom. The Labute approximate surface area is 138 Å². The minimum Gasteiger partial charge on any atom is -0.388 e. The maximum absolute atomic E-state index is 13.2. The fourth-order valence-electron chi connectivity index (χ4n) is 1.44. The highest BCUT2D eigenvalue weighted by atomic mass is 19.4. The van der Waals surface area contributed by atoms with Gasteiger partial charge in [-0.2, -0.15) is 48.3 Å². The molecule has 0 amide bonds. The highest BCUT2D eigenvalue weighted by Crippen LogP contribution is 2.57. The second-order valence-corrected chi connectivity index (χ2v) is 5.01. The zero-order chi connectivity index (χ0) is 21.2. The number of esters is 2. The van der Waals surface area contributed by atoms with Crippen LogP contribution in [0.2, 0.25) is 0 Å². The van der Waals surface area contributed by atoms with E-state index >= 15 is 0 Å². The molecule has 0 aliphatic heterocycles. The summed E-state index contributed by atoms with van der Waals surface area (Å²) in [6.45, 7) is 1.62. The number of ether oxygens (including phenoxy) is 1. The Balaban J connectivity index is 5.60. The van der Waals surface area contributed by atoms with Gasteiger partial charge in [0.15, 0.2) is 0 Å². The Hall–Kier alpha value is -1.63. The fraction of sp³-hybridized carbons (Fsp3) is 0.833. The van der Waals surface area contributed by atoms with Crippen LogP contribution in [0, 0.1) is 0 Å². The van der Waals surface area contributed by atoms with Gasteiger partial charge in [0.25, 0.3) is 0 Å². The normalized spacial score (nSPS) is 14.3. The largest absolute Gasteiger partial charge is 0.460 e. The summed E-state index contributed by atoms with van der Waals surface area (Å²) in [5.74, 6) is -35.3. The molecular formula is C12H11F11O3. The predicted molar refractivity (Wildman–Crippen MR) is 61.1 cm³/mol. The molecule has 0 bridgehead atoms. The number of rotatable bonds is 8.